The van der Waals surface area contributed by atoms with E-state index in [-0.39, 0.29) is 17.3 Å². The van der Waals surface area contributed by atoms with Gasteiger partial charge in [0.1, 0.15) is 24.4 Å². The van der Waals surface area contributed by atoms with Crippen LogP contribution in [0.3, 0.4) is 0 Å². The molecule has 3 aromatic rings. The van der Waals surface area contributed by atoms with E-state index >= 15 is 0 Å². The van der Waals surface area contributed by atoms with E-state index in [2.05, 4.69) is 17.6 Å². The molecular weight excluding hydrogens is 662 g/mol. The molecule has 50 heavy (non-hydrogen) atoms. The fraction of sp³-hybridized carbons (Fsp3) is 0.486. The smallest absolute Gasteiger partial charge is 0.321 e. The zero-order valence-electron chi connectivity index (χ0n) is 28.5. The number of ether oxygens (including phenoxy) is 2. The van der Waals surface area contributed by atoms with Gasteiger partial charge in [0.2, 0.25) is 0 Å². The summed E-state index contributed by atoms with van der Waals surface area (Å²) in [6.45, 7) is 1.58. The first-order valence-corrected chi connectivity index (χ1v) is 18.7. The summed E-state index contributed by atoms with van der Waals surface area (Å²) in [7, 11) is 0.0170. The van der Waals surface area contributed by atoms with Crippen molar-refractivity contribution >= 4 is 27.2 Å². The summed E-state index contributed by atoms with van der Waals surface area (Å²) in [5.74, 6) is -0.489. The van der Waals surface area contributed by atoms with Gasteiger partial charge >= 0.3 is 6.03 Å². The van der Waals surface area contributed by atoms with Gasteiger partial charge in [-0.2, -0.15) is 0 Å². The highest BCUT2D eigenvalue weighted by Crippen LogP contribution is 2.57. The van der Waals surface area contributed by atoms with E-state index in [9.17, 15) is 33.6 Å². The number of benzene rings is 3. The van der Waals surface area contributed by atoms with Crippen molar-refractivity contribution in [3.63, 3.8) is 0 Å². The summed E-state index contributed by atoms with van der Waals surface area (Å²) in [6, 6.07) is 20.6. The van der Waals surface area contributed by atoms with Crippen molar-refractivity contribution in [1.82, 2.24) is 5.32 Å². The maximum absolute atomic E-state index is 13.9. The first-order chi connectivity index (χ1) is 23.9. The summed E-state index contributed by atoms with van der Waals surface area (Å²) in [6.07, 6.45) is -5.31. The summed E-state index contributed by atoms with van der Waals surface area (Å²) in [4.78, 5) is 15.4. The molecule has 0 bridgehead atoms. The summed E-state index contributed by atoms with van der Waals surface area (Å²) >= 11 is 0. The third-order valence-corrected chi connectivity index (χ3v) is 12.5. The van der Waals surface area contributed by atoms with E-state index in [0.717, 1.165) is 17.7 Å². The Morgan fingerprint density at radius 1 is 1.00 bits per heavy atom. The second-order valence-electron chi connectivity index (χ2n) is 14.1. The topological polar surface area (TPSA) is 178 Å². The number of anilines is 2. The van der Waals surface area contributed by atoms with Crippen LogP contribution in [0.4, 0.5) is 16.2 Å². The van der Waals surface area contributed by atoms with Crippen molar-refractivity contribution in [2.24, 2.45) is 11.3 Å². The molecule has 270 valence electrons. The minimum absolute atomic E-state index is 0.0807. The number of nitrogens with one attached hydrogen (secondary N) is 2. The van der Waals surface area contributed by atoms with E-state index in [1.54, 1.807) is 30.3 Å². The van der Waals surface area contributed by atoms with Crippen LogP contribution in [-0.2, 0) is 25.9 Å². The van der Waals surface area contributed by atoms with Gasteiger partial charge in [-0.05, 0) is 65.8 Å². The van der Waals surface area contributed by atoms with Gasteiger partial charge in [0.05, 0.1) is 30.0 Å². The van der Waals surface area contributed by atoms with Crippen LogP contribution in [0, 0.1) is 11.3 Å². The first-order valence-electron chi connectivity index (χ1n) is 17.0. The maximum atomic E-state index is 13.9. The van der Waals surface area contributed by atoms with Crippen molar-refractivity contribution in [1.29, 1.82) is 0 Å². The number of rotatable bonds is 9. The molecule has 2 heterocycles. The summed E-state index contributed by atoms with van der Waals surface area (Å²) in [5, 5.41) is 49.2. The summed E-state index contributed by atoms with van der Waals surface area (Å²) < 4.78 is 39.2. The Balaban J connectivity index is 1.25. The molecule has 2 aliphatic heterocycles. The van der Waals surface area contributed by atoms with Crippen LogP contribution in [0.25, 0.3) is 0 Å². The molecule has 1 aliphatic carbocycles. The molecule has 0 aromatic heterocycles. The van der Waals surface area contributed by atoms with Crippen molar-refractivity contribution in [3.8, 4) is 0 Å². The van der Waals surface area contributed by atoms with Crippen molar-refractivity contribution < 1.29 is 43.1 Å². The molecule has 0 radical (unpaired) electrons. The van der Waals surface area contributed by atoms with Crippen molar-refractivity contribution in [2.75, 3.05) is 36.7 Å². The van der Waals surface area contributed by atoms with E-state index in [1.165, 1.54) is 0 Å². The first kappa shape index (κ1) is 36.2. The largest absolute Gasteiger partial charge is 0.394 e. The minimum atomic E-state index is -3.72. The van der Waals surface area contributed by atoms with E-state index in [1.807, 2.05) is 61.5 Å². The second kappa shape index (κ2) is 14.6. The Morgan fingerprint density at radius 2 is 1.74 bits per heavy atom. The van der Waals surface area contributed by atoms with Gasteiger partial charge in [0.15, 0.2) is 16.1 Å². The number of amides is 2. The maximum Gasteiger partial charge on any atom is 0.321 e. The standard InChI is InChI=1S/C37H47N3O9S/c1-4-22-17-37(18-22)21-50(46,47)29-14-13-26(40(2)3)16-27(29)30(34(37)44)24-11-8-12-25(15-24)38-36(45)39-35-32(43)33(31(42)28(19-41)49-35)48-20-23-9-6-5-7-10-23/h5-16,22,28,30-35,41-44H,4,17-21H2,1-3H3,(H2,38,39,45)/t22?,28-,30-,31-,32-,33+,34-,35-,37?/m1/s1. The molecule has 12 nitrogen and oxygen atoms in total. The third-order valence-electron chi connectivity index (χ3n) is 10.5. The molecule has 1 saturated carbocycles. The molecule has 2 fully saturated rings. The monoisotopic (exact) mass is 709 g/mol. The number of hydrogen-bond acceptors (Lipinski definition) is 10. The van der Waals surface area contributed by atoms with E-state index in [0.29, 0.717) is 35.6 Å². The van der Waals surface area contributed by atoms with Crippen molar-refractivity contribution in [3.05, 3.63) is 89.5 Å². The Labute approximate surface area is 293 Å². The van der Waals surface area contributed by atoms with Crippen LogP contribution in [0.2, 0.25) is 0 Å². The van der Waals surface area contributed by atoms with Gasteiger partial charge in [0.25, 0.3) is 0 Å². The molecule has 0 unspecified atom stereocenters. The van der Waals surface area contributed by atoms with Crippen LogP contribution >= 0.6 is 0 Å². The molecule has 7 atom stereocenters. The number of carbonyl (C=O) groups excluding carboxylic acids is 1. The average Bonchev–Trinajstić information content (AvgIpc) is 3.15. The van der Waals surface area contributed by atoms with Gasteiger partial charge in [-0.25, -0.2) is 13.2 Å². The third kappa shape index (κ3) is 7.13. The number of aliphatic hydroxyl groups excluding tert-OH is 4. The molecule has 1 spiro atoms. The predicted molar refractivity (Wildman–Crippen MR) is 187 cm³/mol. The molecule has 3 aliphatic rings. The number of sulfone groups is 1. The fourth-order valence-electron chi connectivity index (χ4n) is 7.78. The van der Waals surface area contributed by atoms with E-state index in [4.69, 9.17) is 9.47 Å². The lowest BCUT2D eigenvalue weighted by molar-refractivity contribution is -0.247. The van der Waals surface area contributed by atoms with E-state index < -0.39 is 70.6 Å². The minimum Gasteiger partial charge on any atom is -0.394 e. The second-order valence-corrected chi connectivity index (χ2v) is 16.0. The molecule has 6 rings (SSSR count). The highest BCUT2D eigenvalue weighted by molar-refractivity contribution is 7.91. The lowest BCUT2D eigenvalue weighted by Crippen LogP contribution is -2.64. The normalized spacial score (nSPS) is 31.6. The molecular formula is C37H47N3O9S. The number of fused-ring (bicyclic) bond motifs is 1. The zero-order valence-corrected chi connectivity index (χ0v) is 29.3. The highest BCUT2D eigenvalue weighted by Gasteiger charge is 2.56. The highest BCUT2D eigenvalue weighted by atomic mass is 32.2. The van der Waals surface area contributed by atoms with Crippen LogP contribution in [0.15, 0.2) is 77.7 Å². The number of urea groups is 1. The van der Waals surface area contributed by atoms with Crippen LogP contribution in [-0.4, -0.2) is 98.1 Å². The van der Waals surface area contributed by atoms with Gasteiger partial charge in [-0.1, -0.05) is 55.8 Å². The number of carbonyl (C=O) groups is 1. The SMILES string of the molecule is CCC1CC2(C1)CS(=O)(=O)c1ccc(N(C)C)cc1[C@@H](c1cccc(NC(=O)N[C@@H]3O[C@H](CO)[C@@H](O)[C@H](OCc4ccccc4)[C@H]3O)c1)[C@H]2O. The predicted octanol–water partition coefficient (Wildman–Crippen LogP) is 2.99. The van der Waals surface area contributed by atoms with Gasteiger partial charge in [-0.15, -0.1) is 0 Å². The quantitative estimate of drug-likeness (QED) is 0.194. The number of hydrogen-bond donors (Lipinski definition) is 6. The molecule has 6 N–H and O–H groups in total. The Hall–Kier alpha value is -3.56. The van der Waals surface area contributed by atoms with Crippen LogP contribution in [0.5, 0.6) is 0 Å². The van der Waals surface area contributed by atoms with Crippen LogP contribution < -0.4 is 15.5 Å². The van der Waals surface area contributed by atoms with Crippen LogP contribution in [0.1, 0.15) is 48.8 Å². The van der Waals surface area contributed by atoms with Gasteiger partial charge < -0.3 is 45.4 Å². The Bertz CT molecular complexity index is 1770. The number of aliphatic hydroxyl groups is 4. The number of nitrogens with zero attached hydrogens (tertiary/aromatic N) is 1. The fourth-order valence-corrected chi connectivity index (χ4v) is 9.92. The summed E-state index contributed by atoms with van der Waals surface area (Å²) in [5.41, 5.74) is 2.31. The average molecular weight is 710 g/mol. The van der Waals surface area contributed by atoms with Gasteiger partial charge in [0, 0.05) is 36.8 Å². The lowest BCUT2D eigenvalue weighted by atomic mass is 9.56. The van der Waals surface area contributed by atoms with Crippen molar-refractivity contribution in [2.45, 2.75) is 80.4 Å². The molecule has 2 amide bonds. The zero-order chi connectivity index (χ0) is 35.8. The Morgan fingerprint density at radius 3 is 2.42 bits per heavy atom. The molecule has 3 aromatic carbocycles. The molecule has 13 heteroatoms. The lowest BCUT2D eigenvalue weighted by Gasteiger charge is -2.51. The Kier molecular flexibility index (Phi) is 10.6. The molecule has 1 saturated heterocycles. The van der Waals surface area contributed by atoms with Gasteiger partial charge in [-0.3, -0.25) is 0 Å².